The Labute approximate surface area is 109 Å². The van der Waals surface area contributed by atoms with Gasteiger partial charge in [-0.05, 0) is 12.1 Å². The van der Waals surface area contributed by atoms with Gasteiger partial charge in [0.2, 0.25) is 0 Å². The molecule has 0 fully saturated rings. The lowest BCUT2D eigenvalue weighted by Gasteiger charge is -2.01. The summed E-state index contributed by atoms with van der Waals surface area (Å²) in [4.78, 5) is 11.2. The molecule has 0 heterocycles. The number of nitrogens with zero attached hydrogens (tertiary/aromatic N) is 1. The molecule has 0 radical (unpaired) electrons. The van der Waals surface area contributed by atoms with E-state index in [4.69, 9.17) is 11.6 Å². The Morgan fingerprint density at radius 1 is 1.22 bits per heavy atom. The monoisotopic (exact) mass is 291 g/mol. The Morgan fingerprint density at radius 2 is 1.72 bits per heavy atom. The SMILES string of the molecule is COC(=O)c1ccc(/C(Cl)=N\OS(C)(=O)=O)cc1. The van der Waals surface area contributed by atoms with Crippen LogP contribution in [0.25, 0.3) is 0 Å². The van der Waals surface area contributed by atoms with E-state index in [0.717, 1.165) is 6.26 Å². The Hall–Kier alpha value is -1.60. The predicted octanol–water partition coefficient (Wildman–Crippen LogP) is 1.35. The predicted molar refractivity (Wildman–Crippen MR) is 66.1 cm³/mol. The third-order valence-corrected chi connectivity index (χ3v) is 2.43. The summed E-state index contributed by atoms with van der Waals surface area (Å²) in [6, 6.07) is 5.92. The molecule has 98 valence electrons. The molecule has 0 aliphatic rings. The highest BCUT2D eigenvalue weighted by atomic mass is 35.5. The number of methoxy groups -OCH3 is 1. The molecule has 1 aromatic carbocycles. The molecule has 0 spiro atoms. The summed E-state index contributed by atoms with van der Waals surface area (Å²) in [7, 11) is -2.43. The largest absolute Gasteiger partial charge is 0.465 e. The van der Waals surface area contributed by atoms with Crippen LogP contribution < -0.4 is 0 Å². The first-order valence-corrected chi connectivity index (χ1v) is 6.84. The van der Waals surface area contributed by atoms with Gasteiger partial charge in [-0.25, -0.2) is 4.79 Å². The number of oxime groups is 1. The van der Waals surface area contributed by atoms with Crippen molar-refractivity contribution in [2.24, 2.45) is 5.16 Å². The van der Waals surface area contributed by atoms with Crippen molar-refractivity contribution in [1.29, 1.82) is 0 Å². The molecular weight excluding hydrogens is 282 g/mol. The zero-order chi connectivity index (χ0) is 13.8. The van der Waals surface area contributed by atoms with Crippen molar-refractivity contribution in [2.45, 2.75) is 0 Å². The van der Waals surface area contributed by atoms with Crippen LogP contribution in [0, 0.1) is 0 Å². The second kappa shape index (κ2) is 5.83. The Morgan fingerprint density at radius 3 is 2.17 bits per heavy atom. The standard InChI is InChI=1S/C10H10ClNO5S/c1-16-10(13)8-5-3-7(4-6-8)9(11)12-17-18(2,14)15/h3-6H,1-2H3/b12-9+. The number of benzene rings is 1. The lowest BCUT2D eigenvalue weighted by molar-refractivity contribution is 0.0600. The van der Waals surface area contributed by atoms with Gasteiger partial charge in [0.05, 0.1) is 18.9 Å². The highest BCUT2D eigenvalue weighted by Gasteiger charge is 2.08. The number of hydrogen-bond acceptors (Lipinski definition) is 6. The molecule has 0 bridgehead atoms. The van der Waals surface area contributed by atoms with Crippen LogP contribution in [0.15, 0.2) is 29.4 Å². The summed E-state index contributed by atoms with van der Waals surface area (Å²) in [6.45, 7) is 0. The minimum Gasteiger partial charge on any atom is -0.465 e. The van der Waals surface area contributed by atoms with Crippen LogP contribution in [0.5, 0.6) is 0 Å². The van der Waals surface area contributed by atoms with Crippen molar-refractivity contribution in [1.82, 2.24) is 0 Å². The van der Waals surface area contributed by atoms with Crippen LogP contribution in [-0.4, -0.2) is 32.9 Å². The van der Waals surface area contributed by atoms with Crippen molar-refractivity contribution in [3.63, 3.8) is 0 Å². The molecule has 0 aliphatic heterocycles. The minimum absolute atomic E-state index is 0.142. The lowest BCUT2D eigenvalue weighted by atomic mass is 10.1. The molecule has 0 aromatic heterocycles. The summed E-state index contributed by atoms with van der Waals surface area (Å²) in [5.74, 6) is -0.484. The van der Waals surface area contributed by atoms with E-state index >= 15 is 0 Å². The molecule has 0 saturated carbocycles. The average Bonchev–Trinajstić information content (AvgIpc) is 2.34. The second-order valence-electron chi connectivity index (χ2n) is 3.23. The Kier molecular flexibility index (Phi) is 4.69. The van der Waals surface area contributed by atoms with Crippen LogP contribution in [0.3, 0.4) is 0 Å². The van der Waals surface area contributed by atoms with Gasteiger partial charge in [-0.3, -0.25) is 4.28 Å². The summed E-state index contributed by atoms with van der Waals surface area (Å²) in [5, 5.41) is 3.10. The van der Waals surface area contributed by atoms with E-state index in [1.165, 1.54) is 31.4 Å². The summed E-state index contributed by atoms with van der Waals surface area (Å²) < 4.78 is 30.1. The van der Waals surface area contributed by atoms with Crippen LogP contribution >= 0.6 is 11.6 Å². The highest BCUT2D eigenvalue weighted by Crippen LogP contribution is 2.10. The van der Waals surface area contributed by atoms with Crippen molar-refractivity contribution in [3.05, 3.63) is 35.4 Å². The number of ether oxygens (including phenoxy) is 1. The Balaban J connectivity index is 2.88. The zero-order valence-electron chi connectivity index (χ0n) is 9.58. The van der Waals surface area contributed by atoms with E-state index in [2.05, 4.69) is 14.2 Å². The fourth-order valence-electron chi connectivity index (χ4n) is 1.01. The number of hydrogen-bond donors (Lipinski definition) is 0. The van der Waals surface area contributed by atoms with E-state index in [0.29, 0.717) is 11.1 Å². The maximum Gasteiger partial charge on any atom is 0.337 e. The van der Waals surface area contributed by atoms with Crippen molar-refractivity contribution < 1.29 is 22.2 Å². The molecule has 0 amide bonds. The molecule has 1 aromatic rings. The molecule has 1 rings (SSSR count). The molecule has 18 heavy (non-hydrogen) atoms. The Bertz CT molecular complexity index is 564. The van der Waals surface area contributed by atoms with Crippen LogP contribution in [0.2, 0.25) is 0 Å². The number of esters is 1. The lowest BCUT2D eigenvalue weighted by Crippen LogP contribution is -2.03. The smallest absolute Gasteiger partial charge is 0.337 e. The maximum absolute atomic E-state index is 11.2. The maximum atomic E-state index is 11.2. The van der Waals surface area contributed by atoms with Gasteiger partial charge in [-0.15, -0.1) is 0 Å². The highest BCUT2D eigenvalue weighted by molar-refractivity contribution is 7.85. The first-order chi connectivity index (χ1) is 8.33. The average molecular weight is 292 g/mol. The molecule has 0 unspecified atom stereocenters. The third kappa shape index (κ3) is 4.34. The fraction of sp³-hybridized carbons (Fsp3) is 0.200. The molecule has 0 atom stereocenters. The molecule has 0 N–H and O–H groups in total. The minimum atomic E-state index is -3.70. The molecular formula is C10H10ClNO5S. The van der Waals surface area contributed by atoms with Gasteiger partial charge in [0.25, 0.3) is 0 Å². The first kappa shape index (κ1) is 14.5. The van der Waals surface area contributed by atoms with Gasteiger partial charge in [-0.1, -0.05) is 28.9 Å². The normalized spacial score (nSPS) is 12.1. The summed E-state index contributed by atoms with van der Waals surface area (Å²) >= 11 is 5.72. The van der Waals surface area contributed by atoms with Crippen LogP contribution in [0.1, 0.15) is 15.9 Å². The van der Waals surface area contributed by atoms with Crippen molar-refractivity contribution in [2.75, 3.05) is 13.4 Å². The number of carbonyl (C=O) groups is 1. The van der Waals surface area contributed by atoms with E-state index in [1.807, 2.05) is 0 Å². The van der Waals surface area contributed by atoms with Gasteiger partial charge >= 0.3 is 16.1 Å². The number of carbonyl (C=O) groups excluding carboxylic acids is 1. The van der Waals surface area contributed by atoms with Crippen LogP contribution in [-0.2, 0) is 19.1 Å². The van der Waals surface area contributed by atoms with Gasteiger partial charge in [0.1, 0.15) is 0 Å². The number of halogens is 1. The van der Waals surface area contributed by atoms with E-state index < -0.39 is 16.1 Å². The van der Waals surface area contributed by atoms with E-state index in [9.17, 15) is 13.2 Å². The number of rotatable bonds is 4. The molecule has 0 saturated heterocycles. The van der Waals surface area contributed by atoms with Crippen molar-refractivity contribution in [3.8, 4) is 0 Å². The topological polar surface area (TPSA) is 82.0 Å². The summed E-state index contributed by atoms with van der Waals surface area (Å²) in [6.07, 6.45) is 0.848. The van der Waals surface area contributed by atoms with Crippen LogP contribution in [0.4, 0.5) is 0 Å². The van der Waals surface area contributed by atoms with E-state index in [-0.39, 0.29) is 5.17 Å². The zero-order valence-corrected chi connectivity index (χ0v) is 11.2. The van der Waals surface area contributed by atoms with Gasteiger partial charge < -0.3 is 4.74 Å². The quantitative estimate of drug-likeness (QED) is 0.475. The van der Waals surface area contributed by atoms with Gasteiger partial charge in [-0.2, -0.15) is 8.42 Å². The third-order valence-electron chi connectivity index (χ3n) is 1.80. The fourth-order valence-corrected chi connectivity index (χ4v) is 1.43. The molecule has 0 aliphatic carbocycles. The summed E-state index contributed by atoms with van der Waals surface area (Å²) in [5.41, 5.74) is 0.753. The molecule has 6 nitrogen and oxygen atoms in total. The van der Waals surface area contributed by atoms with Gasteiger partial charge in [0.15, 0.2) is 5.17 Å². The second-order valence-corrected chi connectivity index (χ2v) is 5.15. The van der Waals surface area contributed by atoms with E-state index in [1.54, 1.807) is 0 Å². The molecule has 8 heteroatoms. The van der Waals surface area contributed by atoms with Crippen molar-refractivity contribution >= 4 is 32.9 Å². The van der Waals surface area contributed by atoms with Gasteiger partial charge in [0, 0.05) is 5.56 Å². The first-order valence-electron chi connectivity index (χ1n) is 4.64.